The van der Waals surface area contributed by atoms with E-state index >= 15 is 0 Å². The minimum atomic E-state index is 0.239. The predicted molar refractivity (Wildman–Crippen MR) is 71.0 cm³/mol. The molecule has 0 aliphatic carbocycles. The van der Waals surface area contributed by atoms with Gasteiger partial charge in [0.15, 0.2) is 11.4 Å². The average Bonchev–Trinajstić information content (AvgIpc) is 2.76. The molecule has 0 spiro atoms. The topological polar surface area (TPSA) is 36.4 Å². The maximum absolute atomic E-state index is 10.6. The summed E-state index contributed by atoms with van der Waals surface area (Å²) in [4.78, 5) is 20.4. The summed E-state index contributed by atoms with van der Waals surface area (Å²) in [6.45, 7) is 10.8. The number of aromatic nitrogens is 1. The predicted octanol–water partition coefficient (Wildman–Crippen LogP) is 1.88. The fourth-order valence-electron chi connectivity index (χ4n) is 2.05. The van der Waals surface area contributed by atoms with Gasteiger partial charge in [-0.25, -0.2) is 4.98 Å². The molecule has 0 radical (unpaired) electrons. The summed E-state index contributed by atoms with van der Waals surface area (Å²) in [6.07, 6.45) is 2.52. The molecule has 4 nitrogen and oxygen atoms in total. The average molecular weight is 253 g/mol. The Labute approximate surface area is 106 Å². The van der Waals surface area contributed by atoms with Crippen LogP contribution in [0.5, 0.6) is 0 Å². The first-order valence-corrected chi connectivity index (χ1v) is 6.73. The lowest BCUT2D eigenvalue weighted by molar-refractivity contribution is 0.112. The highest BCUT2D eigenvalue weighted by molar-refractivity contribution is 7.17. The molecule has 17 heavy (non-hydrogen) atoms. The molecule has 1 aromatic rings. The van der Waals surface area contributed by atoms with Crippen LogP contribution in [0.2, 0.25) is 0 Å². The van der Waals surface area contributed by atoms with Crippen LogP contribution in [0.1, 0.15) is 30.4 Å². The summed E-state index contributed by atoms with van der Waals surface area (Å²) in [7, 11) is 0. The smallest absolute Gasteiger partial charge is 0.186 e. The van der Waals surface area contributed by atoms with Gasteiger partial charge in [0, 0.05) is 31.7 Å². The second-order valence-corrected chi connectivity index (χ2v) is 6.35. The second kappa shape index (κ2) is 4.74. The second-order valence-electron chi connectivity index (χ2n) is 5.31. The fourth-order valence-corrected chi connectivity index (χ4v) is 2.83. The number of hydrogen-bond acceptors (Lipinski definition) is 5. The van der Waals surface area contributed by atoms with Crippen molar-refractivity contribution < 1.29 is 4.79 Å². The Morgan fingerprint density at radius 3 is 2.41 bits per heavy atom. The Morgan fingerprint density at radius 2 is 1.94 bits per heavy atom. The van der Waals surface area contributed by atoms with Gasteiger partial charge >= 0.3 is 0 Å². The third-order valence-electron chi connectivity index (χ3n) is 3.13. The number of thiazole rings is 1. The van der Waals surface area contributed by atoms with Gasteiger partial charge in [0.1, 0.15) is 0 Å². The molecular weight excluding hydrogens is 234 g/mol. The van der Waals surface area contributed by atoms with Crippen LogP contribution in [0.3, 0.4) is 0 Å². The molecule has 2 rings (SSSR count). The molecule has 0 bridgehead atoms. The zero-order valence-corrected chi connectivity index (χ0v) is 11.5. The van der Waals surface area contributed by atoms with Crippen molar-refractivity contribution in [3.63, 3.8) is 0 Å². The lowest BCUT2D eigenvalue weighted by Gasteiger charge is -2.42. The zero-order valence-electron chi connectivity index (χ0n) is 10.6. The number of hydrogen-bond donors (Lipinski definition) is 0. The Hall–Kier alpha value is -0.940. The van der Waals surface area contributed by atoms with E-state index in [-0.39, 0.29) is 5.54 Å². The molecule has 0 atom stereocenters. The Morgan fingerprint density at radius 1 is 1.29 bits per heavy atom. The van der Waals surface area contributed by atoms with E-state index in [0.717, 1.165) is 37.6 Å². The van der Waals surface area contributed by atoms with Crippen molar-refractivity contribution in [2.75, 3.05) is 31.1 Å². The fraction of sp³-hybridized carbons (Fsp3) is 0.667. The van der Waals surface area contributed by atoms with Gasteiger partial charge in [0.2, 0.25) is 0 Å². The molecule has 1 aromatic heterocycles. The van der Waals surface area contributed by atoms with Crippen molar-refractivity contribution in [2.45, 2.75) is 26.3 Å². The molecular formula is C12H19N3OS. The molecule has 0 amide bonds. The van der Waals surface area contributed by atoms with Gasteiger partial charge in [0.25, 0.3) is 0 Å². The van der Waals surface area contributed by atoms with Crippen molar-refractivity contribution in [3.05, 3.63) is 11.1 Å². The first-order valence-electron chi connectivity index (χ1n) is 5.92. The maximum Gasteiger partial charge on any atom is 0.186 e. The number of anilines is 1. The molecule has 0 aromatic carbocycles. The van der Waals surface area contributed by atoms with Crippen molar-refractivity contribution in [1.29, 1.82) is 0 Å². The van der Waals surface area contributed by atoms with E-state index in [0.29, 0.717) is 4.88 Å². The summed E-state index contributed by atoms with van der Waals surface area (Å²) in [5.74, 6) is 0. The molecule has 94 valence electrons. The number of aldehydes is 1. The molecule has 1 fully saturated rings. The molecule has 1 aliphatic rings. The van der Waals surface area contributed by atoms with E-state index in [4.69, 9.17) is 0 Å². The Balaban J connectivity index is 1.97. The SMILES string of the molecule is CC(C)(C)N1CCN(c2ncc(C=O)s2)CC1. The van der Waals surface area contributed by atoms with Crippen LogP contribution in [0, 0.1) is 0 Å². The van der Waals surface area contributed by atoms with Gasteiger partial charge in [-0.1, -0.05) is 11.3 Å². The third-order valence-corrected chi connectivity index (χ3v) is 4.11. The van der Waals surface area contributed by atoms with Crippen molar-refractivity contribution in [1.82, 2.24) is 9.88 Å². The third kappa shape index (κ3) is 2.84. The molecule has 1 saturated heterocycles. The number of piperazine rings is 1. The van der Waals surface area contributed by atoms with Crippen LogP contribution < -0.4 is 4.90 Å². The maximum atomic E-state index is 10.6. The van der Waals surface area contributed by atoms with Crippen LogP contribution in [-0.4, -0.2) is 47.9 Å². The van der Waals surface area contributed by atoms with Crippen LogP contribution in [0.4, 0.5) is 5.13 Å². The summed E-state index contributed by atoms with van der Waals surface area (Å²) in [5.41, 5.74) is 0.239. The minimum absolute atomic E-state index is 0.239. The highest BCUT2D eigenvalue weighted by Crippen LogP contribution is 2.24. The van der Waals surface area contributed by atoms with E-state index in [2.05, 4.69) is 35.6 Å². The molecule has 5 heteroatoms. The molecule has 1 aliphatic heterocycles. The van der Waals surface area contributed by atoms with E-state index in [1.54, 1.807) is 6.20 Å². The van der Waals surface area contributed by atoms with Gasteiger partial charge in [-0.15, -0.1) is 0 Å². The van der Waals surface area contributed by atoms with Crippen molar-refractivity contribution in [2.24, 2.45) is 0 Å². The Bertz CT molecular complexity index is 389. The number of rotatable bonds is 2. The monoisotopic (exact) mass is 253 g/mol. The number of carbonyl (C=O) groups is 1. The Kier molecular flexibility index (Phi) is 3.49. The zero-order chi connectivity index (χ0) is 12.5. The molecule has 2 heterocycles. The molecule has 0 N–H and O–H groups in total. The first kappa shape index (κ1) is 12.5. The molecule has 0 unspecified atom stereocenters. The quantitative estimate of drug-likeness (QED) is 0.754. The lowest BCUT2D eigenvalue weighted by Crippen LogP contribution is -2.53. The van der Waals surface area contributed by atoms with Gasteiger partial charge in [-0.2, -0.15) is 0 Å². The van der Waals surface area contributed by atoms with Gasteiger partial charge in [-0.3, -0.25) is 9.69 Å². The van der Waals surface area contributed by atoms with Gasteiger partial charge in [0.05, 0.1) is 11.1 Å². The number of carbonyl (C=O) groups excluding carboxylic acids is 1. The lowest BCUT2D eigenvalue weighted by atomic mass is 10.1. The van der Waals surface area contributed by atoms with Crippen LogP contribution >= 0.6 is 11.3 Å². The van der Waals surface area contributed by atoms with Gasteiger partial charge in [-0.05, 0) is 20.8 Å². The van der Waals surface area contributed by atoms with E-state index in [9.17, 15) is 4.79 Å². The van der Waals surface area contributed by atoms with E-state index < -0.39 is 0 Å². The van der Waals surface area contributed by atoms with Crippen molar-refractivity contribution in [3.8, 4) is 0 Å². The molecule has 0 saturated carbocycles. The van der Waals surface area contributed by atoms with Crippen LogP contribution in [0.15, 0.2) is 6.20 Å². The number of nitrogens with zero attached hydrogens (tertiary/aromatic N) is 3. The standard InChI is InChI=1S/C12H19N3OS/c1-12(2,3)15-6-4-14(5-7-15)11-13-8-10(9-16)17-11/h8-9H,4-7H2,1-3H3. The highest BCUT2D eigenvalue weighted by Gasteiger charge is 2.26. The van der Waals surface area contributed by atoms with E-state index in [1.807, 2.05) is 0 Å². The summed E-state index contributed by atoms with van der Waals surface area (Å²) in [5, 5.41) is 0.973. The largest absolute Gasteiger partial charge is 0.346 e. The summed E-state index contributed by atoms with van der Waals surface area (Å²) in [6, 6.07) is 0. The van der Waals surface area contributed by atoms with E-state index in [1.165, 1.54) is 11.3 Å². The summed E-state index contributed by atoms with van der Waals surface area (Å²) >= 11 is 1.48. The summed E-state index contributed by atoms with van der Waals surface area (Å²) < 4.78 is 0. The van der Waals surface area contributed by atoms with Gasteiger partial charge < -0.3 is 4.90 Å². The normalized spacial score (nSPS) is 18.4. The minimum Gasteiger partial charge on any atom is -0.346 e. The first-order chi connectivity index (χ1) is 8.00. The van der Waals surface area contributed by atoms with Crippen LogP contribution in [-0.2, 0) is 0 Å². The highest BCUT2D eigenvalue weighted by atomic mass is 32.1. The van der Waals surface area contributed by atoms with Crippen LogP contribution in [0.25, 0.3) is 0 Å². The van der Waals surface area contributed by atoms with Crippen molar-refractivity contribution >= 4 is 22.8 Å².